The van der Waals surface area contributed by atoms with Crippen molar-refractivity contribution in [2.24, 2.45) is 0 Å². The van der Waals surface area contributed by atoms with E-state index in [-0.39, 0.29) is 18.9 Å². The number of hydrogen-bond acceptors (Lipinski definition) is 5. The van der Waals surface area contributed by atoms with Crippen LogP contribution in [0.2, 0.25) is 0 Å². The minimum absolute atomic E-state index is 0.0158. The maximum Gasteiger partial charge on any atom is 0.226 e. The minimum atomic E-state index is -0.957. The Hall–Kier alpha value is -2.64. The molecule has 0 spiro atoms. The third-order valence-electron chi connectivity index (χ3n) is 3.53. The zero-order valence-electron chi connectivity index (χ0n) is 13.2. The summed E-state index contributed by atoms with van der Waals surface area (Å²) < 4.78 is 13.1. The predicted octanol–water partition coefficient (Wildman–Crippen LogP) is 2.74. The van der Waals surface area contributed by atoms with Crippen LogP contribution < -0.4 is 5.32 Å². The number of amides is 1. The molecule has 2 N–H and O–H groups in total. The molecule has 0 aliphatic heterocycles. The summed E-state index contributed by atoms with van der Waals surface area (Å²) in [6.45, 7) is 0.0158. The van der Waals surface area contributed by atoms with Crippen molar-refractivity contribution in [1.29, 1.82) is 0 Å². The van der Waals surface area contributed by atoms with E-state index < -0.39 is 11.9 Å². The standard InChI is InChI=1S/C18H16FN3O2S/c19-14-5-1-3-12(7-14)16(23)10-21-17(24)8-15-11-25-18(22-15)13-4-2-6-20-9-13/h1-7,9,11,16,23H,8,10H2,(H,21,24). The van der Waals surface area contributed by atoms with Crippen LogP contribution in [0.15, 0.2) is 54.2 Å². The van der Waals surface area contributed by atoms with Crippen molar-refractivity contribution in [3.05, 3.63) is 71.2 Å². The third-order valence-corrected chi connectivity index (χ3v) is 4.47. The fourth-order valence-corrected chi connectivity index (χ4v) is 3.09. The van der Waals surface area contributed by atoms with Crippen molar-refractivity contribution in [3.63, 3.8) is 0 Å². The molecule has 2 heterocycles. The van der Waals surface area contributed by atoms with Crippen molar-refractivity contribution in [1.82, 2.24) is 15.3 Å². The number of pyridine rings is 1. The van der Waals surface area contributed by atoms with E-state index in [0.29, 0.717) is 11.3 Å². The van der Waals surface area contributed by atoms with E-state index in [1.807, 2.05) is 17.5 Å². The molecule has 25 heavy (non-hydrogen) atoms. The summed E-state index contributed by atoms with van der Waals surface area (Å²) in [5, 5.41) is 15.3. The molecular weight excluding hydrogens is 341 g/mol. The van der Waals surface area contributed by atoms with Crippen molar-refractivity contribution in [2.45, 2.75) is 12.5 Å². The molecule has 1 atom stereocenters. The van der Waals surface area contributed by atoms with Crippen molar-refractivity contribution >= 4 is 17.2 Å². The number of aliphatic hydroxyl groups is 1. The zero-order valence-corrected chi connectivity index (χ0v) is 14.0. The Balaban J connectivity index is 1.54. The van der Waals surface area contributed by atoms with E-state index in [1.165, 1.54) is 29.5 Å². The second kappa shape index (κ2) is 7.96. The molecule has 3 rings (SSSR count). The molecule has 2 aromatic heterocycles. The summed E-state index contributed by atoms with van der Waals surface area (Å²) in [7, 11) is 0. The number of thiazole rings is 1. The number of hydrogen-bond donors (Lipinski definition) is 2. The molecule has 0 aliphatic carbocycles. The van der Waals surface area contributed by atoms with Gasteiger partial charge in [-0.05, 0) is 29.8 Å². The topological polar surface area (TPSA) is 75.1 Å². The van der Waals surface area contributed by atoms with Crippen LogP contribution in [-0.2, 0) is 11.2 Å². The van der Waals surface area contributed by atoms with Gasteiger partial charge in [-0.15, -0.1) is 11.3 Å². The normalized spacial score (nSPS) is 11.9. The van der Waals surface area contributed by atoms with Crippen LogP contribution in [0.1, 0.15) is 17.4 Å². The van der Waals surface area contributed by atoms with Gasteiger partial charge < -0.3 is 10.4 Å². The number of nitrogens with one attached hydrogen (secondary N) is 1. The van der Waals surface area contributed by atoms with Crippen LogP contribution in [0.3, 0.4) is 0 Å². The number of rotatable bonds is 6. The molecule has 1 amide bonds. The minimum Gasteiger partial charge on any atom is -0.387 e. The van der Waals surface area contributed by atoms with Gasteiger partial charge in [0.05, 0.1) is 18.2 Å². The quantitative estimate of drug-likeness (QED) is 0.711. The fourth-order valence-electron chi connectivity index (χ4n) is 2.28. The lowest BCUT2D eigenvalue weighted by Gasteiger charge is -2.12. The Kier molecular flexibility index (Phi) is 5.47. The highest BCUT2D eigenvalue weighted by Crippen LogP contribution is 2.22. The monoisotopic (exact) mass is 357 g/mol. The first kappa shape index (κ1) is 17.2. The lowest BCUT2D eigenvalue weighted by Crippen LogP contribution is -2.29. The molecule has 0 saturated carbocycles. The van der Waals surface area contributed by atoms with E-state index in [0.717, 1.165) is 10.6 Å². The first-order valence-electron chi connectivity index (χ1n) is 7.67. The summed E-state index contributed by atoms with van der Waals surface area (Å²) in [5.41, 5.74) is 1.98. The zero-order chi connectivity index (χ0) is 17.6. The molecule has 0 aliphatic rings. The second-order valence-corrected chi connectivity index (χ2v) is 6.30. The van der Waals surface area contributed by atoms with E-state index >= 15 is 0 Å². The van der Waals surface area contributed by atoms with Gasteiger partial charge in [0.1, 0.15) is 10.8 Å². The molecule has 1 aromatic carbocycles. The fraction of sp³-hybridized carbons (Fsp3) is 0.167. The average Bonchev–Trinajstić information content (AvgIpc) is 3.09. The molecular formula is C18H16FN3O2S. The van der Waals surface area contributed by atoms with E-state index in [2.05, 4.69) is 15.3 Å². The number of nitrogens with zero attached hydrogens (tertiary/aromatic N) is 2. The molecule has 0 bridgehead atoms. The average molecular weight is 357 g/mol. The number of halogens is 1. The van der Waals surface area contributed by atoms with E-state index in [4.69, 9.17) is 0 Å². The van der Waals surface area contributed by atoms with Crippen molar-refractivity contribution < 1.29 is 14.3 Å². The lowest BCUT2D eigenvalue weighted by molar-refractivity contribution is -0.120. The molecule has 128 valence electrons. The maximum absolute atomic E-state index is 13.1. The van der Waals surface area contributed by atoms with Gasteiger partial charge in [-0.25, -0.2) is 9.37 Å². The first-order valence-corrected chi connectivity index (χ1v) is 8.55. The van der Waals surface area contributed by atoms with Gasteiger partial charge in [-0.3, -0.25) is 9.78 Å². The highest BCUT2D eigenvalue weighted by molar-refractivity contribution is 7.13. The second-order valence-electron chi connectivity index (χ2n) is 5.44. The molecule has 5 nitrogen and oxygen atoms in total. The first-order chi connectivity index (χ1) is 12.1. The number of carbonyl (C=O) groups is 1. The lowest BCUT2D eigenvalue weighted by atomic mass is 10.1. The van der Waals surface area contributed by atoms with Gasteiger partial charge in [0.25, 0.3) is 0 Å². The number of benzene rings is 1. The summed E-state index contributed by atoms with van der Waals surface area (Å²) in [6.07, 6.45) is 2.57. The summed E-state index contributed by atoms with van der Waals surface area (Å²) in [6, 6.07) is 9.42. The van der Waals surface area contributed by atoms with E-state index in [1.54, 1.807) is 18.5 Å². The highest BCUT2D eigenvalue weighted by Gasteiger charge is 2.12. The van der Waals surface area contributed by atoms with Gasteiger partial charge >= 0.3 is 0 Å². The number of carbonyl (C=O) groups excluding carboxylic acids is 1. The van der Waals surface area contributed by atoms with Crippen LogP contribution in [0.5, 0.6) is 0 Å². The van der Waals surface area contributed by atoms with Crippen molar-refractivity contribution in [3.8, 4) is 10.6 Å². The Morgan fingerprint density at radius 2 is 2.20 bits per heavy atom. The maximum atomic E-state index is 13.1. The molecule has 1 unspecified atom stereocenters. The Morgan fingerprint density at radius 1 is 1.32 bits per heavy atom. The predicted molar refractivity (Wildman–Crippen MR) is 93.4 cm³/mol. The highest BCUT2D eigenvalue weighted by atomic mass is 32.1. The smallest absolute Gasteiger partial charge is 0.226 e. The van der Waals surface area contributed by atoms with Crippen LogP contribution >= 0.6 is 11.3 Å². The van der Waals surface area contributed by atoms with Gasteiger partial charge in [0.15, 0.2) is 0 Å². The SMILES string of the molecule is O=C(Cc1csc(-c2cccnc2)n1)NCC(O)c1cccc(F)c1. The summed E-state index contributed by atoms with van der Waals surface area (Å²) in [4.78, 5) is 20.5. The molecule has 0 saturated heterocycles. The van der Waals surface area contributed by atoms with Gasteiger partial charge in [0, 0.05) is 29.9 Å². The van der Waals surface area contributed by atoms with Crippen LogP contribution in [0, 0.1) is 5.82 Å². The van der Waals surface area contributed by atoms with Gasteiger partial charge in [-0.2, -0.15) is 0 Å². The number of aromatic nitrogens is 2. The third kappa shape index (κ3) is 4.68. The van der Waals surface area contributed by atoms with Gasteiger partial charge in [0.2, 0.25) is 5.91 Å². The van der Waals surface area contributed by atoms with Crippen LogP contribution in [0.25, 0.3) is 10.6 Å². The molecule has 0 radical (unpaired) electrons. The Labute approximate surface area is 148 Å². The van der Waals surface area contributed by atoms with Crippen molar-refractivity contribution in [2.75, 3.05) is 6.54 Å². The van der Waals surface area contributed by atoms with Crippen LogP contribution in [0.4, 0.5) is 4.39 Å². The van der Waals surface area contributed by atoms with Crippen LogP contribution in [-0.4, -0.2) is 27.5 Å². The van der Waals surface area contributed by atoms with Gasteiger partial charge in [-0.1, -0.05) is 12.1 Å². The largest absolute Gasteiger partial charge is 0.387 e. The molecule has 0 fully saturated rings. The molecule has 7 heteroatoms. The number of aliphatic hydroxyl groups excluding tert-OH is 1. The van der Waals surface area contributed by atoms with E-state index in [9.17, 15) is 14.3 Å². The molecule has 3 aromatic rings. The Bertz CT molecular complexity index is 854. The Morgan fingerprint density at radius 3 is 2.96 bits per heavy atom. The summed E-state index contributed by atoms with van der Waals surface area (Å²) in [5.74, 6) is -0.674. The summed E-state index contributed by atoms with van der Waals surface area (Å²) >= 11 is 1.45.